The van der Waals surface area contributed by atoms with E-state index in [1.807, 2.05) is 24.3 Å². The third kappa shape index (κ3) is 4.39. The topological polar surface area (TPSA) is 62.7 Å². The van der Waals surface area contributed by atoms with Crippen molar-refractivity contribution in [2.24, 2.45) is 0 Å². The van der Waals surface area contributed by atoms with E-state index in [1.54, 1.807) is 16.7 Å². The molecule has 1 heterocycles. The number of hydrogen-bond acceptors (Lipinski definition) is 3. The fourth-order valence-corrected chi connectivity index (χ4v) is 3.03. The van der Waals surface area contributed by atoms with Crippen LogP contribution in [0.15, 0.2) is 48.5 Å². The van der Waals surface area contributed by atoms with Gasteiger partial charge < -0.3 is 5.32 Å². The Morgan fingerprint density at radius 3 is 2.69 bits per heavy atom. The Kier molecular flexibility index (Phi) is 5.85. The molecule has 0 atom stereocenters. The van der Waals surface area contributed by atoms with Crippen LogP contribution in [-0.2, 0) is 17.8 Å². The second-order valence-corrected chi connectivity index (χ2v) is 6.79. The number of rotatable bonds is 6. The summed E-state index contributed by atoms with van der Waals surface area (Å²) in [6.07, 6.45) is 0.791. The number of aromatic amines is 1. The quantitative estimate of drug-likeness (QED) is 0.631. The van der Waals surface area contributed by atoms with Crippen LogP contribution in [0.25, 0.3) is 11.4 Å². The highest BCUT2D eigenvalue weighted by atomic mass is 35.5. The van der Waals surface area contributed by atoms with Crippen molar-refractivity contribution in [3.63, 3.8) is 0 Å². The maximum Gasteiger partial charge on any atom is 0.240 e. The first kappa shape index (κ1) is 18.4. The van der Waals surface area contributed by atoms with Gasteiger partial charge in [0.25, 0.3) is 0 Å². The van der Waals surface area contributed by atoms with Gasteiger partial charge in [0.1, 0.15) is 6.54 Å². The first-order chi connectivity index (χ1) is 12.5. The molecule has 0 aliphatic carbocycles. The minimum Gasteiger partial charge on any atom is -0.354 e. The molecule has 26 heavy (non-hydrogen) atoms. The third-order valence-electron chi connectivity index (χ3n) is 4.14. The molecule has 0 bridgehead atoms. The first-order valence-electron chi connectivity index (χ1n) is 8.27. The molecule has 1 aromatic heterocycles. The molecule has 3 rings (SSSR count). The smallest absolute Gasteiger partial charge is 0.240 e. The van der Waals surface area contributed by atoms with E-state index in [-0.39, 0.29) is 12.5 Å². The zero-order valence-electron chi connectivity index (χ0n) is 14.3. The summed E-state index contributed by atoms with van der Waals surface area (Å²) in [7, 11) is 0. The van der Waals surface area contributed by atoms with Crippen molar-refractivity contribution in [2.45, 2.75) is 19.9 Å². The lowest BCUT2D eigenvalue weighted by atomic mass is 10.1. The van der Waals surface area contributed by atoms with Crippen molar-refractivity contribution < 1.29 is 4.79 Å². The van der Waals surface area contributed by atoms with Crippen molar-refractivity contribution in [1.29, 1.82) is 0 Å². The van der Waals surface area contributed by atoms with Crippen LogP contribution in [-0.4, -0.2) is 27.2 Å². The Balaban J connectivity index is 1.64. The highest BCUT2D eigenvalue weighted by molar-refractivity contribution is 7.71. The Morgan fingerprint density at radius 2 is 1.96 bits per heavy atom. The van der Waals surface area contributed by atoms with Gasteiger partial charge in [0.05, 0.1) is 0 Å². The van der Waals surface area contributed by atoms with Crippen LogP contribution >= 0.6 is 23.8 Å². The molecule has 0 fully saturated rings. The largest absolute Gasteiger partial charge is 0.354 e. The molecule has 134 valence electrons. The predicted molar refractivity (Wildman–Crippen MR) is 106 cm³/mol. The van der Waals surface area contributed by atoms with Crippen molar-refractivity contribution in [3.05, 3.63) is 69.5 Å². The second-order valence-electron chi connectivity index (χ2n) is 5.97. The summed E-state index contributed by atoms with van der Waals surface area (Å²) in [5, 5.41) is 10.6. The van der Waals surface area contributed by atoms with E-state index in [1.165, 1.54) is 11.1 Å². The summed E-state index contributed by atoms with van der Waals surface area (Å²) >= 11 is 11.2. The number of aromatic nitrogens is 3. The number of H-pyrrole nitrogens is 1. The van der Waals surface area contributed by atoms with Crippen molar-refractivity contribution >= 4 is 29.7 Å². The highest BCUT2D eigenvalue weighted by Gasteiger charge is 2.12. The van der Waals surface area contributed by atoms with Gasteiger partial charge in [-0.3, -0.25) is 14.5 Å². The SMILES string of the molecule is Cc1ccccc1CCNC(=O)Cn1c(-c2ccc(Cl)cc2)n[nH]c1=S. The molecule has 0 unspecified atom stereocenters. The molecule has 0 aliphatic rings. The van der Waals surface area contributed by atoms with Gasteiger partial charge >= 0.3 is 0 Å². The molecule has 3 aromatic rings. The molecule has 2 aromatic carbocycles. The lowest BCUT2D eigenvalue weighted by Gasteiger charge is -2.09. The van der Waals surface area contributed by atoms with Crippen LogP contribution in [0, 0.1) is 11.7 Å². The average Bonchev–Trinajstić information content (AvgIpc) is 2.98. The third-order valence-corrected chi connectivity index (χ3v) is 4.70. The van der Waals surface area contributed by atoms with E-state index >= 15 is 0 Å². The molecule has 2 N–H and O–H groups in total. The second kappa shape index (κ2) is 8.29. The molecule has 0 saturated carbocycles. The summed E-state index contributed by atoms with van der Waals surface area (Å²) in [6.45, 7) is 2.76. The summed E-state index contributed by atoms with van der Waals surface area (Å²) in [6, 6.07) is 15.4. The van der Waals surface area contributed by atoms with Crippen molar-refractivity contribution in [1.82, 2.24) is 20.1 Å². The van der Waals surface area contributed by atoms with Gasteiger partial charge in [-0.15, -0.1) is 0 Å². The van der Waals surface area contributed by atoms with E-state index in [0.29, 0.717) is 22.2 Å². The molecule has 0 saturated heterocycles. The van der Waals surface area contributed by atoms with Crippen molar-refractivity contribution in [3.8, 4) is 11.4 Å². The summed E-state index contributed by atoms with van der Waals surface area (Å²) < 4.78 is 2.09. The molecule has 5 nitrogen and oxygen atoms in total. The van der Waals surface area contributed by atoms with Crippen molar-refractivity contribution in [2.75, 3.05) is 6.54 Å². The van der Waals surface area contributed by atoms with E-state index in [4.69, 9.17) is 23.8 Å². The number of benzene rings is 2. The van der Waals surface area contributed by atoms with Gasteiger partial charge in [0, 0.05) is 17.1 Å². The van der Waals surface area contributed by atoms with Gasteiger partial charge in [-0.2, -0.15) is 5.10 Å². The van der Waals surface area contributed by atoms with Gasteiger partial charge in [-0.1, -0.05) is 35.9 Å². The molecule has 0 radical (unpaired) electrons. The standard InChI is InChI=1S/C19H19ClN4OS/c1-13-4-2-3-5-14(13)10-11-21-17(25)12-24-18(22-23-19(24)26)15-6-8-16(20)9-7-15/h2-9H,10-12H2,1H3,(H,21,25)(H,23,26). The van der Waals surface area contributed by atoms with Gasteiger partial charge in [-0.05, 0) is 61.0 Å². The lowest BCUT2D eigenvalue weighted by molar-refractivity contribution is -0.121. The predicted octanol–water partition coefficient (Wildman–Crippen LogP) is 3.93. The van der Waals surface area contributed by atoms with E-state index in [2.05, 4.69) is 34.6 Å². The number of nitrogens with one attached hydrogen (secondary N) is 2. The fraction of sp³-hybridized carbons (Fsp3) is 0.211. The zero-order valence-corrected chi connectivity index (χ0v) is 15.9. The molecular weight excluding hydrogens is 368 g/mol. The Hall–Kier alpha value is -2.44. The van der Waals surface area contributed by atoms with E-state index in [0.717, 1.165) is 12.0 Å². The summed E-state index contributed by atoms with van der Waals surface area (Å²) in [5.41, 5.74) is 3.30. The first-order valence-corrected chi connectivity index (χ1v) is 9.05. The molecule has 7 heteroatoms. The van der Waals surface area contributed by atoms with E-state index < -0.39 is 0 Å². The Morgan fingerprint density at radius 1 is 1.23 bits per heavy atom. The number of hydrogen-bond donors (Lipinski definition) is 2. The maximum absolute atomic E-state index is 12.3. The van der Waals surface area contributed by atoms with Crippen LogP contribution in [0.4, 0.5) is 0 Å². The number of carbonyl (C=O) groups is 1. The van der Waals surface area contributed by atoms with Gasteiger partial charge in [-0.25, -0.2) is 0 Å². The number of aryl methyl sites for hydroxylation is 1. The Bertz CT molecular complexity index is 962. The van der Waals surface area contributed by atoms with E-state index in [9.17, 15) is 4.79 Å². The number of carbonyl (C=O) groups excluding carboxylic acids is 1. The van der Waals surface area contributed by atoms with Gasteiger partial charge in [0.15, 0.2) is 10.6 Å². The van der Waals surface area contributed by atoms with Crippen LogP contribution in [0.1, 0.15) is 11.1 Å². The normalized spacial score (nSPS) is 10.7. The Labute approximate surface area is 162 Å². The van der Waals surface area contributed by atoms with Crippen LogP contribution in [0.3, 0.4) is 0 Å². The van der Waals surface area contributed by atoms with Crippen LogP contribution in [0.5, 0.6) is 0 Å². The minimum absolute atomic E-state index is 0.105. The van der Waals surface area contributed by atoms with Gasteiger partial charge in [0.2, 0.25) is 5.91 Å². The lowest BCUT2D eigenvalue weighted by Crippen LogP contribution is -2.29. The average molecular weight is 387 g/mol. The molecular formula is C19H19ClN4OS. The van der Waals surface area contributed by atoms with Crippen LogP contribution < -0.4 is 5.32 Å². The number of amides is 1. The van der Waals surface area contributed by atoms with Crippen LogP contribution in [0.2, 0.25) is 5.02 Å². The fourth-order valence-electron chi connectivity index (χ4n) is 2.71. The number of halogens is 1. The summed E-state index contributed by atoms with van der Waals surface area (Å²) in [4.78, 5) is 12.3. The molecule has 0 spiro atoms. The highest BCUT2D eigenvalue weighted by Crippen LogP contribution is 2.19. The monoisotopic (exact) mass is 386 g/mol. The number of nitrogens with zero attached hydrogens (tertiary/aromatic N) is 2. The molecule has 1 amide bonds. The minimum atomic E-state index is -0.105. The molecule has 0 aliphatic heterocycles. The maximum atomic E-state index is 12.3. The zero-order chi connectivity index (χ0) is 18.5. The summed E-state index contributed by atoms with van der Waals surface area (Å²) in [5.74, 6) is 0.506.